The van der Waals surface area contributed by atoms with Gasteiger partial charge in [-0.25, -0.2) is 9.78 Å². The van der Waals surface area contributed by atoms with Crippen LogP contribution < -0.4 is 10.2 Å². The lowest BCUT2D eigenvalue weighted by molar-refractivity contribution is -0.142. The molecule has 3 saturated heterocycles. The Kier molecular flexibility index (Phi) is 4.97. The minimum Gasteiger partial charge on any atom is -0.371 e. The lowest BCUT2D eigenvalue weighted by Crippen LogP contribution is -2.58. The molecule has 0 radical (unpaired) electrons. The first-order chi connectivity index (χ1) is 15.0. The van der Waals surface area contributed by atoms with E-state index in [1.165, 1.54) is 0 Å². The average Bonchev–Trinajstić information content (AvgIpc) is 3.11. The molecule has 2 aromatic rings. The SMILES string of the molecule is O=C(CN1C(=O)CNC1=O)N1CCC2(CC1)CN(c1nccc3ccccc13)CCO2. The van der Waals surface area contributed by atoms with E-state index in [0.717, 1.165) is 34.6 Å². The van der Waals surface area contributed by atoms with Crippen LogP contribution in [0.15, 0.2) is 36.5 Å². The number of hydrogen-bond acceptors (Lipinski definition) is 6. The summed E-state index contributed by atoms with van der Waals surface area (Å²) in [5.41, 5.74) is -0.325. The summed E-state index contributed by atoms with van der Waals surface area (Å²) in [4.78, 5) is 45.7. The van der Waals surface area contributed by atoms with Gasteiger partial charge in [-0.3, -0.25) is 14.5 Å². The van der Waals surface area contributed by atoms with Crippen molar-refractivity contribution in [2.75, 3.05) is 50.8 Å². The van der Waals surface area contributed by atoms with Crippen LogP contribution in [0.2, 0.25) is 0 Å². The highest BCUT2D eigenvalue weighted by Gasteiger charge is 2.42. The topological polar surface area (TPSA) is 95.1 Å². The molecule has 1 aromatic heterocycles. The summed E-state index contributed by atoms with van der Waals surface area (Å²) < 4.78 is 6.23. The predicted octanol–water partition coefficient (Wildman–Crippen LogP) is 0.984. The fraction of sp³-hybridized carbons (Fsp3) is 0.455. The van der Waals surface area contributed by atoms with Crippen molar-refractivity contribution < 1.29 is 19.1 Å². The monoisotopic (exact) mass is 423 g/mol. The first-order valence-corrected chi connectivity index (χ1v) is 10.6. The maximum absolute atomic E-state index is 12.6. The van der Waals surface area contributed by atoms with E-state index in [4.69, 9.17) is 4.74 Å². The van der Waals surface area contributed by atoms with E-state index < -0.39 is 6.03 Å². The number of carbonyl (C=O) groups excluding carboxylic acids is 3. The van der Waals surface area contributed by atoms with Gasteiger partial charge in [-0.2, -0.15) is 0 Å². The van der Waals surface area contributed by atoms with Crippen molar-refractivity contribution in [2.24, 2.45) is 0 Å². The van der Waals surface area contributed by atoms with Gasteiger partial charge in [0.2, 0.25) is 5.91 Å². The molecule has 31 heavy (non-hydrogen) atoms. The van der Waals surface area contributed by atoms with Crippen molar-refractivity contribution in [2.45, 2.75) is 18.4 Å². The lowest BCUT2D eigenvalue weighted by Gasteiger charge is -2.47. The number of urea groups is 1. The average molecular weight is 423 g/mol. The molecule has 1 N–H and O–H groups in total. The van der Waals surface area contributed by atoms with E-state index in [1.807, 2.05) is 24.4 Å². The van der Waals surface area contributed by atoms with Crippen molar-refractivity contribution in [1.29, 1.82) is 0 Å². The molecule has 1 spiro atoms. The zero-order valence-electron chi connectivity index (χ0n) is 17.2. The van der Waals surface area contributed by atoms with Gasteiger partial charge < -0.3 is 19.9 Å². The van der Waals surface area contributed by atoms with Gasteiger partial charge in [0.15, 0.2) is 0 Å². The molecule has 3 aliphatic rings. The number of carbonyl (C=O) groups is 3. The van der Waals surface area contributed by atoms with Crippen molar-refractivity contribution in [3.05, 3.63) is 36.5 Å². The van der Waals surface area contributed by atoms with Gasteiger partial charge in [-0.05, 0) is 24.3 Å². The molecule has 0 saturated carbocycles. The normalized spacial score (nSPS) is 21.1. The van der Waals surface area contributed by atoms with Crippen molar-refractivity contribution in [3.63, 3.8) is 0 Å². The molecular weight excluding hydrogens is 398 g/mol. The Labute approximate surface area is 179 Å². The number of anilines is 1. The number of likely N-dealkylation sites (tertiary alicyclic amines) is 1. The van der Waals surface area contributed by atoms with Gasteiger partial charge in [0, 0.05) is 37.8 Å². The molecule has 5 rings (SSSR count). The third-order valence-electron chi connectivity index (χ3n) is 6.46. The first kappa shape index (κ1) is 19.7. The highest BCUT2D eigenvalue weighted by atomic mass is 16.5. The van der Waals surface area contributed by atoms with Crippen LogP contribution in [-0.2, 0) is 14.3 Å². The second-order valence-electron chi connectivity index (χ2n) is 8.33. The van der Waals surface area contributed by atoms with E-state index in [9.17, 15) is 14.4 Å². The Morgan fingerprint density at radius 2 is 1.94 bits per heavy atom. The number of imide groups is 1. The third kappa shape index (κ3) is 3.69. The standard InChI is InChI=1S/C22H25N5O4/c28-18-13-24-21(30)27(18)14-19(29)25-9-6-22(7-10-25)15-26(11-12-31-22)20-17-4-2-1-3-16(17)5-8-23-20/h1-5,8H,6-7,9-15H2,(H,24,30). The summed E-state index contributed by atoms with van der Waals surface area (Å²) >= 11 is 0. The van der Waals surface area contributed by atoms with Crippen LogP contribution in [0, 0.1) is 0 Å². The second kappa shape index (κ2) is 7.81. The van der Waals surface area contributed by atoms with E-state index in [0.29, 0.717) is 32.5 Å². The first-order valence-electron chi connectivity index (χ1n) is 10.6. The second-order valence-corrected chi connectivity index (χ2v) is 8.33. The number of fused-ring (bicyclic) bond motifs is 1. The summed E-state index contributed by atoms with van der Waals surface area (Å²) in [6.45, 7) is 2.95. The molecule has 0 aliphatic carbocycles. The Balaban J connectivity index is 1.25. The number of pyridine rings is 1. The highest BCUT2D eigenvalue weighted by Crippen LogP contribution is 2.34. The molecule has 3 aliphatic heterocycles. The molecule has 3 fully saturated rings. The van der Waals surface area contributed by atoms with E-state index >= 15 is 0 Å². The van der Waals surface area contributed by atoms with Crippen LogP contribution >= 0.6 is 0 Å². The molecule has 9 nitrogen and oxygen atoms in total. The van der Waals surface area contributed by atoms with Crippen LogP contribution in [-0.4, -0.2) is 84.1 Å². The van der Waals surface area contributed by atoms with Crippen LogP contribution in [0.5, 0.6) is 0 Å². The van der Waals surface area contributed by atoms with Gasteiger partial charge in [-0.15, -0.1) is 0 Å². The number of nitrogens with one attached hydrogen (secondary N) is 1. The van der Waals surface area contributed by atoms with Crippen molar-refractivity contribution in [1.82, 2.24) is 20.1 Å². The van der Waals surface area contributed by atoms with Crippen molar-refractivity contribution >= 4 is 34.4 Å². The van der Waals surface area contributed by atoms with E-state index in [-0.39, 0.29) is 30.5 Å². The molecular formula is C22H25N5O4. The number of hydrogen-bond donors (Lipinski definition) is 1. The van der Waals surface area contributed by atoms with Crippen LogP contribution in [0.1, 0.15) is 12.8 Å². The number of amides is 4. The number of rotatable bonds is 3. The smallest absolute Gasteiger partial charge is 0.325 e. The Morgan fingerprint density at radius 3 is 2.71 bits per heavy atom. The quantitative estimate of drug-likeness (QED) is 0.740. The minimum atomic E-state index is -0.499. The molecule has 0 atom stereocenters. The number of benzene rings is 1. The molecule has 1 aromatic carbocycles. The Morgan fingerprint density at radius 1 is 1.13 bits per heavy atom. The third-order valence-corrected chi connectivity index (χ3v) is 6.46. The molecule has 4 amide bonds. The van der Waals surface area contributed by atoms with E-state index in [2.05, 4.69) is 27.3 Å². The van der Waals surface area contributed by atoms with E-state index in [1.54, 1.807) is 4.90 Å². The van der Waals surface area contributed by atoms with Crippen LogP contribution in [0.25, 0.3) is 10.8 Å². The summed E-state index contributed by atoms with van der Waals surface area (Å²) in [6.07, 6.45) is 3.26. The largest absolute Gasteiger partial charge is 0.371 e. The summed E-state index contributed by atoms with van der Waals surface area (Å²) in [7, 11) is 0. The molecule has 0 bridgehead atoms. The summed E-state index contributed by atoms with van der Waals surface area (Å²) in [5, 5.41) is 4.73. The van der Waals surface area contributed by atoms with Gasteiger partial charge in [0.25, 0.3) is 5.91 Å². The zero-order chi connectivity index (χ0) is 21.4. The Bertz CT molecular complexity index is 1010. The predicted molar refractivity (Wildman–Crippen MR) is 114 cm³/mol. The highest BCUT2D eigenvalue weighted by molar-refractivity contribution is 6.04. The maximum atomic E-state index is 12.6. The van der Waals surface area contributed by atoms with Gasteiger partial charge in [0.05, 0.1) is 18.8 Å². The lowest BCUT2D eigenvalue weighted by atomic mass is 9.89. The fourth-order valence-corrected chi connectivity index (χ4v) is 4.70. The number of piperidine rings is 1. The van der Waals surface area contributed by atoms with Gasteiger partial charge in [-0.1, -0.05) is 24.3 Å². The van der Waals surface area contributed by atoms with Gasteiger partial charge >= 0.3 is 6.03 Å². The Hall–Kier alpha value is -3.20. The minimum absolute atomic E-state index is 0.0406. The van der Waals surface area contributed by atoms with Crippen LogP contribution in [0.4, 0.5) is 10.6 Å². The summed E-state index contributed by atoms with van der Waals surface area (Å²) in [5.74, 6) is 0.405. The maximum Gasteiger partial charge on any atom is 0.325 e. The number of nitrogens with zero attached hydrogens (tertiary/aromatic N) is 4. The number of aromatic nitrogens is 1. The van der Waals surface area contributed by atoms with Crippen molar-refractivity contribution in [3.8, 4) is 0 Å². The summed E-state index contributed by atoms with van der Waals surface area (Å²) in [6, 6.07) is 9.76. The molecule has 0 unspecified atom stereocenters. The molecule has 162 valence electrons. The fourth-order valence-electron chi connectivity index (χ4n) is 4.70. The zero-order valence-corrected chi connectivity index (χ0v) is 17.2. The molecule has 4 heterocycles. The van der Waals surface area contributed by atoms with Gasteiger partial charge in [0.1, 0.15) is 12.4 Å². The van der Waals surface area contributed by atoms with Crippen LogP contribution in [0.3, 0.4) is 0 Å². The number of morpholine rings is 1. The molecule has 9 heteroatoms. The number of ether oxygens (including phenoxy) is 1.